The molecular formula is C28H40N2O4. The summed E-state index contributed by atoms with van der Waals surface area (Å²) in [5.74, 6) is 0.748. The van der Waals surface area contributed by atoms with Crippen LogP contribution in [0.1, 0.15) is 41.5 Å². The Bertz CT molecular complexity index is 1000. The fourth-order valence-corrected chi connectivity index (χ4v) is 5.43. The van der Waals surface area contributed by atoms with Gasteiger partial charge in [-0.3, -0.25) is 4.90 Å². The first kappa shape index (κ1) is 25.0. The Morgan fingerprint density at radius 2 is 1.68 bits per heavy atom. The van der Waals surface area contributed by atoms with E-state index >= 15 is 0 Å². The van der Waals surface area contributed by atoms with Gasteiger partial charge in [0.15, 0.2) is 0 Å². The zero-order valence-corrected chi connectivity index (χ0v) is 21.0. The van der Waals surface area contributed by atoms with Crippen LogP contribution in [-0.2, 0) is 0 Å². The van der Waals surface area contributed by atoms with Crippen LogP contribution in [0, 0.1) is 27.7 Å². The predicted octanol–water partition coefficient (Wildman–Crippen LogP) is 3.13. The Labute approximate surface area is 203 Å². The van der Waals surface area contributed by atoms with Gasteiger partial charge in [-0.15, -0.1) is 0 Å². The molecule has 6 nitrogen and oxygen atoms in total. The van der Waals surface area contributed by atoms with Gasteiger partial charge in [0.2, 0.25) is 0 Å². The summed E-state index contributed by atoms with van der Waals surface area (Å²) in [6.45, 7) is 11.3. The van der Waals surface area contributed by atoms with E-state index < -0.39 is 17.3 Å². The molecule has 0 aliphatic carbocycles. The van der Waals surface area contributed by atoms with Gasteiger partial charge in [0.05, 0.1) is 11.7 Å². The lowest BCUT2D eigenvalue weighted by Crippen LogP contribution is -2.62. The number of piperidine rings is 2. The Kier molecular flexibility index (Phi) is 7.25. The number of hydrogen-bond acceptors (Lipinski definition) is 6. The first-order valence-corrected chi connectivity index (χ1v) is 12.4. The average molecular weight is 469 g/mol. The summed E-state index contributed by atoms with van der Waals surface area (Å²) in [7, 11) is 0. The van der Waals surface area contributed by atoms with Gasteiger partial charge in [-0.2, -0.15) is 0 Å². The fourth-order valence-electron chi connectivity index (χ4n) is 5.43. The molecule has 0 unspecified atom stereocenters. The summed E-state index contributed by atoms with van der Waals surface area (Å²) in [6.07, 6.45) is 0.957. The largest absolute Gasteiger partial charge is 0.490 e. The van der Waals surface area contributed by atoms with Crippen molar-refractivity contribution in [1.82, 2.24) is 4.90 Å². The van der Waals surface area contributed by atoms with Crippen LogP contribution in [0.25, 0.3) is 0 Å². The van der Waals surface area contributed by atoms with E-state index in [2.05, 4.69) is 47.1 Å². The first-order chi connectivity index (χ1) is 16.1. The topological polar surface area (TPSA) is 76.4 Å². The van der Waals surface area contributed by atoms with Crippen molar-refractivity contribution in [3.8, 4) is 5.75 Å². The molecule has 2 fully saturated rings. The second-order valence-corrected chi connectivity index (χ2v) is 10.6. The van der Waals surface area contributed by atoms with Gasteiger partial charge in [-0.1, -0.05) is 24.3 Å². The fraction of sp³-hybridized carbons (Fsp3) is 0.571. The molecule has 2 atom stereocenters. The standard InChI is InChI=1S/C28H40N2O4/c1-20-15-22(3)23(4)25(16-20)34-19-28(33)18-29(12-9-26(28)31)17-27(32)10-13-30(14-11-27)24-8-6-5-7-21(24)2/h5-8,15-16,26,31-33H,9-14,17-19H2,1-4H3/t26-,28-/m0/s1. The molecule has 0 spiro atoms. The zero-order valence-electron chi connectivity index (χ0n) is 21.0. The summed E-state index contributed by atoms with van der Waals surface area (Å²) in [4.78, 5) is 4.44. The SMILES string of the molecule is Cc1cc(C)c(C)c(OC[C@@]2(O)CN(CC3(O)CCN(c4ccccc4C)CC3)CC[C@@H]2O)c1. The second-order valence-electron chi connectivity index (χ2n) is 10.6. The molecule has 0 radical (unpaired) electrons. The quantitative estimate of drug-likeness (QED) is 0.605. The predicted molar refractivity (Wildman–Crippen MR) is 136 cm³/mol. The maximum atomic E-state index is 11.4. The molecule has 0 aromatic heterocycles. The van der Waals surface area contributed by atoms with E-state index in [1.807, 2.05) is 26.8 Å². The lowest BCUT2D eigenvalue weighted by atomic mass is 9.86. The van der Waals surface area contributed by atoms with Gasteiger partial charge in [0.25, 0.3) is 0 Å². The average Bonchev–Trinajstić information content (AvgIpc) is 2.79. The molecule has 2 aliphatic heterocycles. The Hall–Kier alpha value is -2.12. The van der Waals surface area contributed by atoms with Crippen molar-refractivity contribution in [2.75, 3.05) is 44.2 Å². The summed E-state index contributed by atoms with van der Waals surface area (Å²) < 4.78 is 6.04. The molecule has 4 rings (SSSR count). The normalized spacial score (nSPS) is 25.4. The van der Waals surface area contributed by atoms with Crippen molar-refractivity contribution in [1.29, 1.82) is 0 Å². The van der Waals surface area contributed by atoms with E-state index in [0.717, 1.165) is 35.5 Å². The number of aliphatic hydroxyl groups is 3. The molecule has 186 valence electrons. The van der Waals surface area contributed by atoms with E-state index in [9.17, 15) is 15.3 Å². The number of β-amino-alcohol motifs (C(OH)–C–C–N with tert-alkyl or cyclic N) is 2. The number of anilines is 1. The van der Waals surface area contributed by atoms with Crippen molar-refractivity contribution < 1.29 is 20.1 Å². The molecule has 2 aromatic carbocycles. The smallest absolute Gasteiger partial charge is 0.137 e. The monoisotopic (exact) mass is 468 g/mol. The molecule has 2 saturated heterocycles. The summed E-state index contributed by atoms with van der Waals surface area (Å²) in [5.41, 5.74) is 3.61. The molecule has 0 saturated carbocycles. The third-order valence-corrected chi connectivity index (χ3v) is 7.75. The number of aliphatic hydroxyl groups excluding tert-OH is 1. The third kappa shape index (κ3) is 5.41. The molecule has 0 amide bonds. The number of rotatable bonds is 6. The Morgan fingerprint density at radius 3 is 2.38 bits per heavy atom. The van der Waals surface area contributed by atoms with E-state index in [-0.39, 0.29) is 13.2 Å². The minimum absolute atomic E-state index is 0.0217. The molecule has 2 heterocycles. The van der Waals surface area contributed by atoms with Crippen LogP contribution in [0.5, 0.6) is 5.75 Å². The Morgan fingerprint density at radius 1 is 0.971 bits per heavy atom. The van der Waals surface area contributed by atoms with Crippen molar-refractivity contribution in [2.24, 2.45) is 0 Å². The van der Waals surface area contributed by atoms with Gasteiger partial charge in [-0.05, 0) is 81.3 Å². The number of likely N-dealkylation sites (tertiary alicyclic amines) is 1. The van der Waals surface area contributed by atoms with Gasteiger partial charge < -0.3 is 25.0 Å². The molecule has 2 aromatic rings. The second kappa shape index (κ2) is 9.86. The van der Waals surface area contributed by atoms with Gasteiger partial charge in [0, 0.05) is 38.4 Å². The number of para-hydroxylation sites is 1. The maximum absolute atomic E-state index is 11.4. The van der Waals surface area contributed by atoms with Crippen LogP contribution in [-0.4, -0.2) is 76.9 Å². The van der Waals surface area contributed by atoms with Crippen molar-refractivity contribution >= 4 is 5.69 Å². The van der Waals surface area contributed by atoms with Crippen molar-refractivity contribution in [3.05, 3.63) is 58.7 Å². The van der Waals surface area contributed by atoms with E-state index in [1.165, 1.54) is 11.3 Å². The van der Waals surface area contributed by atoms with Crippen LogP contribution in [0.2, 0.25) is 0 Å². The Balaban J connectivity index is 1.37. The lowest BCUT2D eigenvalue weighted by molar-refractivity contribution is -0.149. The highest BCUT2D eigenvalue weighted by molar-refractivity contribution is 5.53. The summed E-state index contributed by atoms with van der Waals surface area (Å²) in [5, 5.41) is 33.3. The molecular weight excluding hydrogens is 428 g/mol. The van der Waals surface area contributed by atoms with Gasteiger partial charge >= 0.3 is 0 Å². The van der Waals surface area contributed by atoms with Crippen LogP contribution in [0.15, 0.2) is 36.4 Å². The molecule has 0 bridgehead atoms. The van der Waals surface area contributed by atoms with E-state index in [1.54, 1.807) is 0 Å². The molecule has 6 heteroatoms. The molecule has 34 heavy (non-hydrogen) atoms. The van der Waals surface area contributed by atoms with Gasteiger partial charge in [0.1, 0.15) is 18.0 Å². The molecule has 3 N–H and O–H groups in total. The maximum Gasteiger partial charge on any atom is 0.137 e. The van der Waals surface area contributed by atoms with Crippen LogP contribution in [0.3, 0.4) is 0 Å². The lowest BCUT2D eigenvalue weighted by Gasteiger charge is -2.47. The molecule has 2 aliphatic rings. The van der Waals surface area contributed by atoms with Crippen LogP contribution >= 0.6 is 0 Å². The number of aryl methyl sites for hydroxylation is 3. The van der Waals surface area contributed by atoms with Crippen molar-refractivity contribution in [2.45, 2.75) is 64.3 Å². The van der Waals surface area contributed by atoms with Gasteiger partial charge in [-0.25, -0.2) is 0 Å². The minimum Gasteiger partial charge on any atom is -0.490 e. The van der Waals surface area contributed by atoms with E-state index in [0.29, 0.717) is 32.4 Å². The highest BCUT2D eigenvalue weighted by atomic mass is 16.5. The highest BCUT2D eigenvalue weighted by Gasteiger charge is 2.44. The number of benzene rings is 2. The van der Waals surface area contributed by atoms with E-state index in [4.69, 9.17) is 4.74 Å². The van der Waals surface area contributed by atoms with Crippen molar-refractivity contribution in [3.63, 3.8) is 0 Å². The minimum atomic E-state index is -1.37. The summed E-state index contributed by atoms with van der Waals surface area (Å²) >= 11 is 0. The number of hydrogen-bond donors (Lipinski definition) is 3. The summed E-state index contributed by atoms with van der Waals surface area (Å²) in [6, 6.07) is 12.5. The number of ether oxygens (including phenoxy) is 1. The first-order valence-electron chi connectivity index (χ1n) is 12.4. The van der Waals surface area contributed by atoms with Crippen LogP contribution < -0.4 is 9.64 Å². The van der Waals surface area contributed by atoms with Crippen LogP contribution in [0.4, 0.5) is 5.69 Å². The number of nitrogens with zero attached hydrogens (tertiary/aromatic N) is 2. The third-order valence-electron chi connectivity index (χ3n) is 7.75. The zero-order chi connectivity index (χ0) is 24.5. The highest BCUT2D eigenvalue weighted by Crippen LogP contribution is 2.32.